The summed E-state index contributed by atoms with van der Waals surface area (Å²) in [6, 6.07) is 9.38. The molecule has 0 bridgehead atoms. The third-order valence-electron chi connectivity index (χ3n) is 2.68. The van der Waals surface area contributed by atoms with E-state index in [0.717, 1.165) is 5.69 Å². The maximum Gasteiger partial charge on any atom is 0.269 e. The van der Waals surface area contributed by atoms with Crippen LogP contribution < -0.4 is 4.74 Å². The van der Waals surface area contributed by atoms with E-state index < -0.39 is 4.92 Å². The molecule has 0 saturated heterocycles. The fraction of sp³-hybridized carbons (Fsp3) is 0.143. The highest BCUT2D eigenvalue weighted by molar-refractivity contribution is 5.49. The SMILES string of the molecule is Cc1cc(Oc2ccc([N+](=O)[O-])cc2)c(C#N)c(C)n1. The number of nitrogens with zero attached hydrogens (tertiary/aromatic N) is 3. The van der Waals surface area contributed by atoms with Gasteiger partial charge in [-0.1, -0.05) is 0 Å². The average Bonchev–Trinajstić information content (AvgIpc) is 2.39. The first-order chi connectivity index (χ1) is 9.51. The van der Waals surface area contributed by atoms with Crippen LogP contribution >= 0.6 is 0 Å². The quantitative estimate of drug-likeness (QED) is 0.630. The molecule has 0 aliphatic heterocycles. The molecule has 0 amide bonds. The molecule has 20 heavy (non-hydrogen) atoms. The van der Waals surface area contributed by atoms with Gasteiger partial charge in [0.25, 0.3) is 5.69 Å². The lowest BCUT2D eigenvalue weighted by Gasteiger charge is -2.09. The van der Waals surface area contributed by atoms with Crippen LogP contribution in [0.25, 0.3) is 0 Å². The van der Waals surface area contributed by atoms with Gasteiger partial charge in [-0.2, -0.15) is 5.26 Å². The zero-order valence-corrected chi connectivity index (χ0v) is 11.0. The molecule has 2 aromatic rings. The molecule has 2 rings (SSSR count). The Balaban J connectivity index is 2.35. The van der Waals surface area contributed by atoms with E-state index in [1.165, 1.54) is 24.3 Å². The second-order valence-electron chi connectivity index (χ2n) is 4.19. The average molecular weight is 269 g/mol. The number of non-ortho nitro benzene ring substituents is 1. The summed E-state index contributed by atoms with van der Waals surface area (Å²) in [5.74, 6) is 0.823. The van der Waals surface area contributed by atoms with Crippen LogP contribution in [-0.2, 0) is 0 Å². The van der Waals surface area contributed by atoms with Crippen LogP contribution in [0, 0.1) is 35.3 Å². The van der Waals surface area contributed by atoms with Crippen molar-refractivity contribution in [3.63, 3.8) is 0 Å². The van der Waals surface area contributed by atoms with Gasteiger partial charge >= 0.3 is 0 Å². The van der Waals surface area contributed by atoms with E-state index in [0.29, 0.717) is 22.8 Å². The summed E-state index contributed by atoms with van der Waals surface area (Å²) in [4.78, 5) is 14.3. The predicted octanol–water partition coefficient (Wildman–Crippen LogP) is 3.27. The van der Waals surface area contributed by atoms with Gasteiger partial charge in [-0.15, -0.1) is 0 Å². The first kappa shape index (κ1) is 13.5. The molecule has 0 spiro atoms. The third kappa shape index (κ3) is 2.72. The van der Waals surface area contributed by atoms with Gasteiger partial charge in [0.05, 0.1) is 10.6 Å². The molecule has 0 saturated carbocycles. The Labute approximate surface area is 115 Å². The number of aryl methyl sites for hydroxylation is 2. The summed E-state index contributed by atoms with van der Waals surface area (Å²) in [5, 5.41) is 19.7. The second kappa shape index (κ2) is 5.36. The van der Waals surface area contributed by atoms with E-state index in [2.05, 4.69) is 4.98 Å². The second-order valence-corrected chi connectivity index (χ2v) is 4.19. The molecule has 100 valence electrons. The zero-order valence-electron chi connectivity index (χ0n) is 11.0. The molecule has 6 nitrogen and oxygen atoms in total. The highest BCUT2D eigenvalue weighted by atomic mass is 16.6. The molecular formula is C14H11N3O3. The van der Waals surface area contributed by atoms with E-state index in [4.69, 9.17) is 10.00 Å². The van der Waals surface area contributed by atoms with Crippen LogP contribution in [0.1, 0.15) is 17.0 Å². The number of pyridine rings is 1. The molecule has 0 radical (unpaired) electrons. The molecule has 0 atom stereocenters. The molecule has 1 aromatic heterocycles. The molecule has 0 fully saturated rings. The van der Waals surface area contributed by atoms with Crippen molar-refractivity contribution in [1.29, 1.82) is 5.26 Å². The van der Waals surface area contributed by atoms with Gasteiger partial charge in [0, 0.05) is 23.9 Å². The summed E-state index contributed by atoms with van der Waals surface area (Å²) < 4.78 is 5.61. The molecule has 0 unspecified atom stereocenters. The van der Waals surface area contributed by atoms with Crippen molar-refractivity contribution in [3.8, 4) is 17.6 Å². The van der Waals surface area contributed by atoms with Crippen molar-refractivity contribution in [1.82, 2.24) is 4.98 Å². The number of nitriles is 1. The first-order valence-electron chi connectivity index (χ1n) is 5.82. The third-order valence-corrected chi connectivity index (χ3v) is 2.68. The lowest BCUT2D eigenvalue weighted by Crippen LogP contribution is -1.96. The number of rotatable bonds is 3. The van der Waals surface area contributed by atoms with Gasteiger partial charge in [-0.25, -0.2) is 0 Å². The predicted molar refractivity (Wildman–Crippen MR) is 71.6 cm³/mol. The molecule has 1 heterocycles. The Morgan fingerprint density at radius 2 is 1.95 bits per heavy atom. The molecule has 6 heteroatoms. The number of nitro groups is 1. The Hall–Kier alpha value is -2.94. The van der Waals surface area contributed by atoms with Crippen molar-refractivity contribution >= 4 is 5.69 Å². The van der Waals surface area contributed by atoms with Crippen molar-refractivity contribution < 1.29 is 9.66 Å². The van der Waals surface area contributed by atoms with Crippen LogP contribution in [0.5, 0.6) is 11.5 Å². The minimum atomic E-state index is -0.481. The minimum Gasteiger partial charge on any atom is -0.456 e. The van der Waals surface area contributed by atoms with Gasteiger partial charge in [-0.05, 0) is 26.0 Å². The van der Waals surface area contributed by atoms with Crippen LogP contribution in [-0.4, -0.2) is 9.91 Å². The van der Waals surface area contributed by atoms with Gasteiger partial charge in [0.2, 0.25) is 0 Å². The Bertz CT molecular complexity index is 703. The number of hydrogen-bond donors (Lipinski definition) is 0. The minimum absolute atomic E-state index is 0.0139. The summed E-state index contributed by atoms with van der Waals surface area (Å²) in [7, 11) is 0. The fourth-order valence-electron chi connectivity index (χ4n) is 1.77. The summed E-state index contributed by atoms with van der Waals surface area (Å²) in [6.07, 6.45) is 0. The van der Waals surface area contributed by atoms with Gasteiger partial charge in [0.1, 0.15) is 23.1 Å². The summed E-state index contributed by atoms with van der Waals surface area (Å²) >= 11 is 0. The number of hydrogen-bond acceptors (Lipinski definition) is 5. The first-order valence-corrected chi connectivity index (χ1v) is 5.82. The van der Waals surface area contributed by atoms with E-state index in [9.17, 15) is 10.1 Å². The van der Waals surface area contributed by atoms with E-state index in [1.807, 2.05) is 6.07 Å². The number of ether oxygens (including phenoxy) is 1. The molecule has 0 aliphatic carbocycles. The largest absolute Gasteiger partial charge is 0.456 e. The van der Waals surface area contributed by atoms with Crippen LogP contribution in [0.4, 0.5) is 5.69 Å². The maximum atomic E-state index is 10.6. The number of nitro benzene ring substituents is 1. The highest BCUT2D eigenvalue weighted by Gasteiger charge is 2.11. The molecular weight excluding hydrogens is 258 g/mol. The van der Waals surface area contributed by atoms with Gasteiger partial charge in [0.15, 0.2) is 0 Å². The Kier molecular flexibility index (Phi) is 3.62. The van der Waals surface area contributed by atoms with E-state index in [-0.39, 0.29) is 5.69 Å². The molecule has 0 N–H and O–H groups in total. The maximum absolute atomic E-state index is 10.6. The standard InChI is InChI=1S/C14H11N3O3/c1-9-7-14(13(8-15)10(2)16-9)20-12-5-3-11(4-6-12)17(18)19/h3-7H,1-2H3. The topological polar surface area (TPSA) is 89.0 Å². The number of aromatic nitrogens is 1. The Morgan fingerprint density at radius 1 is 1.30 bits per heavy atom. The molecule has 0 aliphatic rings. The van der Waals surface area contributed by atoms with Crippen molar-refractivity contribution in [2.45, 2.75) is 13.8 Å². The highest BCUT2D eigenvalue weighted by Crippen LogP contribution is 2.28. The smallest absolute Gasteiger partial charge is 0.269 e. The summed E-state index contributed by atoms with van der Waals surface area (Å²) in [6.45, 7) is 3.53. The van der Waals surface area contributed by atoms with Crippen molar-refractivity contribution in [2.75, 3.05) is 0 Å². The lowest BCUT2D eigenvalue weighted by atomic mass is 10.2. The van der Waals surface area contributed by atoms with Gasteiger partial charge < -0.3 is 4.74 Å². The monoisotopic (exact) mass is 269 g/mol. The zero-order chi connectivity index (χ0) is 14.7. The van der Waals surface area contributed by atoms with Crippen molar-refractivity contribution in [3.05, 3.63) is 57.4 Å². The molecule has 1 aromatic carbocycles. The summed E-state index contributed by atoms with van der Waals surface area (Å²) in [5.41, 5.74) is 1.66. The van der Waals surface area contributed by atoms with Crippen LogP contribution in [0.2, 0.25) is 0 Å². The van der Waals surface area contributed by atoms with Crippen LogP contribution in [0.3, 0.4) is 0 Å². The lowest BCUT2D eigenvalue weighted by molar-refractivity contribution is -0.384. The Morgan fingerprint density at radius 3 is 2.50 bits per heavy atom. The van der Waals surface area contributed by atoms with Crippen LogP contribution in [0.15, 0.2) is 30.3 Å². The number of benzene rings is 1. The van der Waals surface area contributed by atoms with E-state index in [1.54, 1.807) is 19.9 Å². The van der Waals surface area contributed by atoms with Gasteiger partial charge in [-0.3, -0.25) is 15.1 Å². The van der Waals surface area contributed by atoms with E-state index >= 15 is 0 Å². The fourth-order valence-corrected chi connectivity index (χ4v) is 1.77. The normalized spacial score (nSPS) is 9.85. The van der Waals surface area contributed by atoms with Crippen molar-refractivity contribution in [2.24, 2.45) is 0 Å².